The van der Waals surface area contributed by atoms with E-state index in [1.807, 2.05) is 19.1 Å². The molecule has 2 heterocycles. The summed E-state index contributed by atoms with van der Waals surface area (Å²) in [5, 5.41) is 10.1. The lowest BCUT2D eigenvalue weighted by atomic mass is 9.83. The van der Waals surface area contributed by atoms with Gasteiger partial charge in [-0.15, -0.1) is 5.10 Å². The van der Waals surface area contributed by atoms with E-state index in [1.54, 1.807) is 18.2 Å². The Kier molecular flexibility index (Phi) is 7.94. The molecule has 39 heavy (non-hydrogen) atoms. The van der Waals surface area contributed by atoms with Crippen LogP contribution in [0.3, 0.4) is 0 Å². The molecule has 1 atom stereocenters. The predicted octanol–water partition coefficient (Wildman–Crippen LogP) is 5.03. The Bertz CT molecular complexity index is 1320. The first kappa shape index (κ1) is 26.8. The molecule has 0 saturated carbocycles. The zero-order chi connectivity index (χ0) is 27.4. The van der Waals surface area contributed by atoms with Crippen molar-refractivity contribution in [3.05, 3.63) is 101 Å². The summed E-state index contributed by atoms with van der Waals surface area (Å²) < 4.78 is 47.0. The van der Waals surface area contributed by atoms with Crippen LogP contribution >= 0.6 is 0 Å². The number of rotatable bonds is 8. The van der Waals surface area contributed by atoms with Crippen LogP contribution in [0, 0.1) is 0 Å². The highest BCUT2D eigenvalue weighted by molar-refractivity contribution is 5.44. The van der Waals surface area contributed by atoms with Gasteiger partial charge < -0.3 is 4.74 Å². The van der Waals surface area contributed by atoms with Crippen molar-refractivity contribution >= 4 is 0 Å². The Morgan fingerprint density at radius 2 is 1.62 bits per heavy atom. The molecule has 0 radical (unpaired) electrons. The van der Waals surface area contributed by atoms with Crippen LogP contribution in [0.1, 0.15) is 35.4 Å². The van der Waals surface area contributed by atoms with Crippen LogP contribution in [-0.2, 0) is 12.7 Å². The second kappa shape index (κ2) is 11.5. The first-order valence-corrected chi connectivity index (χ1v) is 13.0. The van der Waals surface area contributed by atoms with E-state index in [2.05, 4.69) is 80.9 Å². The van der Waals surface area contributed by atoms with Crippen LogP contribution in [0.25, 0.3) is 5.69 Å². The maximum atomic E-state index is 13.5. The van der Waals surface area contributed by atoms with Crippen LogP contribution in [0.15, 0.2) is 78.9 Å². The van der Waals surface area contributed by atoms with Crippen molar-refractivity contribution in [3.8, 4) is 11.4 Å². The summed E-state index contributed by atoms with van der Waals surface area (Å²) in [5.41, 5.74) is 3.52. The number of piperazine rings is 1. The van der Waals surface area contributed by atoms with E-state index in [-0.39, 0.29) is 17.6 Å². The van der Waals surface area contributed by atoms with Crippen LogP contribution in [0.4, 0.5) is 13.2 Å². The summed E-state index contributed by atoms with van der Waals surface area (Å²) in [6.07, 6.45) is -4.67. The quantitative estimate of drug-likeness (QED) is 0.315. The SMILES string of the molecule is CCOc1ccc(-n2nnnc2C(F)(F)F)cc1CN1CCN(C)C(C(c2ccccc2)c2ccccc2)C1. The normalized spacial score (nSPS) is 17.0. The molecule has 0 amide bonds. The molecule has 1 unspecified atom stereocenters. The van der Waals surface area contributed by atoms with Gasteiger partial charge in [-0.05, 0) is 53.7 Å². The van der Waals surface area contributed by atoms with Crippen molar-refractivity contribution in [2.75, 3.05) is 33.3 Å². The number of tetrazole rings is 1. The summed E-state index contributed by atoms with van der Waals surface area (Å²) in [6, 6.07) is 26.1. The van der Waals surface area contributed by atoms with Gasteiger partial charge in [-0.2, -0.15) is 17.9 Å². The van der Waals surface area contributed by atoms with E-state index in [4.69, 9.17) is 4.74 Å². The zero-order valence-electron chi connectivity index (χ0n) is 21.9. The highest BCUT2D eigenvalue weighted by atomic mass is 19.4. The minimum Gasteiger partial charge on any atom is -0.494 e. The predicted molar refractivity (Wildman–Crippen MR) is 142 cm³/mol. The summed E-state index contributed by atoms with van der Waals surface area (Å²) >= 11 is 0. The van der Waals surface area contributed by atoms with E-state index in [0.717, 1.165) is 29.9 Å². The molecule has 4 aromatic rings. The van der Waals surface area contributed by atoms with Gasteiger partial charge in [-0.25, -0.2) is 0 Å². The number of ether oxygens (including phenoxy) is 1. The molecule has 204 valence electrons. The third-order valence-corrected chi connectivity index (χ3v) is 7.19. The average molecular weight is 537 g/mol. The third kappa shape index (κ3) is 5.97. The third-order valence-electron chi connectivity index (χ3n) is 7.19. The molecule has 7 nitrogen and oxygen atoms in total. The van der Waals surface area contributed by atoms with Gasteiger partial charge in [-0.3, -0.25) is 9.80 Å². The molecule has 5 rings (SSSR count). The molecule has 0 aliphatic carbocycles. The molecule has 1 saturated heterocycles. The average Bonchev–Trinajstić information content (AvgIpc) is 3.44. The second-order valence-corrected chi connectivity index (χ2v) is 9.72. The standard InChI is InChI=1S/C29H31F3N6O/c1-3-39-26-15-14-24(38-28(29(30,31)32)33-34-35-38)18-23(26)19-37-17-16-36(2)25(20-37)27(21-10-6-4-7-11-21)22-12-8-5-9-13-22/h4-15,18,25,27H,3,16-17,19-20H2,1-2H3. The lowest BCUT2D eigenvalue weighted by Gasteiger charge is -2.43. The van der Waals surface area contributed by atoms with E-state index >= 15 is 0 Å². The van der Waals surface area contributed by atoms with Crippen molar-refractivity contribution in [1.82, 2.24) is 30.0 Å². The van der Waals surface area contributed by atoms with Gasteiger partial charge in [-0.1, -0.05) is 60.7 Å². The van der Waals surface area contributed by atoms with Gasteiger partial charge in [0.05, 0.1) is 12.3 Å². The van der Waals surface area contributed by atoms with Crippen molar-refractivity contribution in [3.63, 3.8) is 0 Å². The van der Waals surface area contributed by atoms with Gasteiger partial charge in [0.25, 0.3) is 5.82 Å². The van der Waals surface area contributed by atoms with Crippen LogP contribution in [0.2, 0.25) is 0 Å². The molecule has 1 fully saturated rings. The summed E-state index contributed by atoms with van der Waals surface area (Å²) in [5.74, 6) is -0.361. The largest absolute Gasteiger partial charge is 0.494 e. The fourth-order valence-electron chi connectivity index (χ4n) is 5.32. The van der Waals surface area contributed by atoms with Gasteiger partial charge >= 0.3 is 6.18 Å². The zero-order valence-corrected chi connectivity index (χ0v) is 21.9. The Balaban J connectivity index is 1.45. The van der Waals surface area contributed by atoms with Crippen molar-refractivity contribution in [2.24, 2.45) is 0 Å². The summed E-state index contributed by atoms with van der Waals surface area (Å²) in [6.45, 7) is 5.30. The van der Waals surface area contributed by atoms with Crippen molar-refractivity contribution in [1.29, 1.82) is 0 Å². The molecule has 1 aliphatic heterocycles. The highest BCUT2D eigenvalue weighted by Gasteiger charge is 2.39. The number of halogens is 3. The topological polar surface area (TPSA) is 59.3 Å². The number of benzene rings is 3. The Hall–Kier alpha value is -3.76. The fraction of sp³-hybridized carbons (Fsp3) is 0.345. The minimum atomic E-state index is -4.67. The smallest absolute Gasteiger partial charge is 0.453 e. The molecule has 10 heteroatoms. The van der Waals surface area contributed by atoms with Gasteiger partial charge in [0.1, 0.15) is 5.75 Å². The number of likely N-dealkylation sites (N-methyl/N-ethyl adjacent to an activating group) is 1. The van der Waals surface area contributed by atoms with Crippen molar-refractivity contribution in [2.45, 2.75) is 31.6 Å². The summed E-state index contributed by atoms with van der Waals surface area (Å²) in [4.78, 5) is 4.74. The lowest BCUT2D eigenvalue weighted by molar-refractivity contribution is -0.146. The van der Waals surface area contributed by atoms with Crippen LogP contribution in [-0.4, -0.2) is 69.3 Å². The fourth-order valence-corrected chi connectivity index (χ4v) is 5.32. The highest BCUT2D eigenvalue weighted by Crippen LogP contribution is 2.34. The van der Waals surface area contributed by atoms with E-state index < -0.39 is 12.0 Å². The molecule has 0 spiro atoms. The number of hydrogen-bond acceptors (Lipinski definition) is 6. The maximum Gasteiger partial charge on any atom is 0.453 e. The first-order chi connectivity index (χ1) is 18.8. The monoisotopic (exact) mass is 536 g/mol. The lowest BCUT2D eigenvalue weighted by Crippen LogP contribution is -2.53. The number of hydrogen-bond donors (Lipinski definition) is 0. The maximum absolute atomic E-state index is 13.5. The first-order valence-electron chi connectivity index (χ1n) is 13.0. The van der Waals surface area contributed by atoms with E-state index in [9.17, 15) is 13.2 Å². The van der Waals surface area contributed by atoms with Gasteiger partial charge in [0, 0.05) is 43.7 Å². The molecular weight excluding hydrogens is 505 g/mol. The molecule has 0 N–H and O–H groups in total. The number of alkyl halides is 3. The Labute approximate surface area is 225 Å². The van der Waals surface area contributed by atoms with Crippen LogP contribution < -0.4 is 4.74 Å². The number of nitrogens with zero attached hydrogens (tertiary/aromatic N) is 6. The van der Waals surface area contributed by atoms with E-state index in [1.165, 1.54) is 11.1 Å². The van der Waals surface area contributed by atoms with Gasteiger partial charge in [0.15, 0.2) is 0 Å². The Morgan fingerprint density at radius 3 is 2.23 bits per heavy atom. The molecule has 1 aliphatic rings. The molecular formula is C29H31F3N6O. The summed E-state index contributed by atoms with van der Waals surface area (Å²) in [7, 11) is 2.16. The molecule has 1 aromatic heterocycles. The minimum absolute atomic E-state index is 0.161. The second-order valence-electron chi connectivity index (χ2n) is 9.72. The van der Waals surface area contributed by atoms with E-state index in [0.29, 0.717) is 18.9 Å². The van der Waals surface area contributed by atoms with Crippen LogP contribution in [0.5, 0.6) is 5.75 Å². The molecule has 3 aromatic carbocycles. The van der Waals surface area contributed by atoms with Crippen molar-refractivity contribution < 1.29 is 17.9 Å². The Morgan fingerprint density at radius 1 is 0.949 bits per heavy atom. The van der Waals surface area contributed by atoms with Gasteiger partial charge in [0.2, 0.25) is 0 Å². The molecule has 0 bridgehead atoms. The number of aromatic nitrogens is 4.